The molecule has 0 heterocycles. The molecule has 0 bridgehead atoms. The van der Waals surface area contributed by atoms with Crippen LogP contribution in [0.1, 0.15) is 15.9 Å². The summed E-state index contributed by atoms with van der Waals surface area (Å²) in [6, 6.07) is 10.8. The van der Waals surface area contributed by atoms with Gasteiger partial charge in [-0.15, -0.1) is 0 Å². The van der Waals surface area contributed by atoms with Crippen LogP contribution in [0.4, 0.5) is 10.1 Å². The van der Waals surface area contributed by atoms with E-state index < -0.39 is 11.7 Å². The van der Waals surface area contributed by atoms with E-state index in [2.05, 4.69) is 26.6 Å². The molecule has 0 atom stereocenters. The second-order valence-corrected chi connectivity index (χ2v) is 5.48. The summed E-state index contributed by atoms with van der Waals surface area (Å²) in [6.45, 7) is 0. The Morgan fingerprint density at radius 2 is 1.82 bits per heavy atom. The highest BCUT2D eigenvalue weighted by Gasteiger charge is 2.11. The summed E-state index contributed by atoms with van der Waals surface area (Å²) in [7, 11) is 1.58. The molecule has 2 aromatic rings. The van der Waals surface area contributed by atoms with Crippen LogP contribution in [0.2, 0.25) is 0 Å². The largest absolute Gasteiger partial charge is 0.359 e. The summed E-state index contributed by atoms with van der Waals surface area (Å²) >= 11 is 3.22. The number of hydrogen-bond acceptors (Lipinski definition) is 2. The number of nitrogens with one attached hydrogen (secondary N) is 2. The zero-order valence-electron chi connectivity index (χ0n) is 11.8. The highest BCUT2D eigenvalue weighted by atomic mass is 79.9. The molecule has 0 aliphatic rings. The van der Waals surface area contributed by atoms with Crippen molar-refractivity contribution in [1.29, 1.82) is 0 Å². The van der Waals surface area contributed by atoms with Gasteiger partial charge in [-0.2, -0.15) is 0 Å². The van der Waals surface area contributed by atoms with Crippen LogP contribution in [0.15, 0.2) is 46.9 Å². The van der Waals surface area contributed by atoms with Gasteiger partial charge in [0.25, 0.3) is 5.91 Å². The van der Waals surface area contributed by atoms with Gasteiger partial charge >= 0.3 is 0 Å². The summed E-state index contributed by atoms with van der Waals surface area (Å²) in [5.74, 6) is -0.972. The van der Waals surface area contributed by atoms with E-state index in [4.69, 9.17) is 0 Å². The number of halogens is 2. The van der Waals surface area contributed by atoms with E-state index in [1.807, 2.05) is 0 Å². The van der Waals surface area contributed by atoms with Crippen molar-refractivity contribution >= 4 is 33.4 Å². The number of likely N-dealkylation sites (N-methyl/N-ethyl adjacent to an activating group) is 1. The number of benzene rings is 2. The Morgan fingerprint density at radius 3 is 2.45 bits per heavy atom. The SMILES string of the molecule is CNC(=O)Cc1ccc(NC(=O)c2cc(F)ccc2Br)cc1. The minimum atomic E-state index is -0.478. The Hall–Kier alpha value is -2.21. The zero-order chi connectivity index (χ0) is 16.1. The van der Waals surface area contributed by atoms with E-state index >= 15 is 0 Å². The Balaban J connectivity index is 2.08. The first-order chi connectivity index (χ1) is 10.5. The maximum absolute atomic E-state index is 13.2. The number of rotatable bonds is 4. The van der Waals surface area contributed by atoms with Crippen LogP contribution in [-0.2, 0) is 11.2 Å². The van der Waals surface area contributed by atoms with Crippen LogP contribution in [-0.4, -0.2) is 18.9 Å². The monoisotopic (exact) mass is 364 g/mol. The van der Waals surface area contributed by atoms with Gasteiger partial charge in [-0.3, -0.25) is 9.59 Å². The van der Waals surface area contributed by atoms with E-state index in [1.165, 1.54) is 18.2 Å². The van der Waals surface area contributed by atoms with Crippen molar-refractivity contribution in [1.82, 2.24) is 5.32 Å². The van der Waals surface area contributed by atoms with Gasteiger partial charge in [-0.25, -0.2) is 4.39 Å². The maximum Gasteiger partial charge on any atom is 0.256 e. The minimum Gasteiger partial charge on any atom is -0.359 e. The van der Waals surface area contributed by atoms with E-state index in [1.54, 1.807) is 31.3 Å². The number of carbonyl (C=O) groups is 2. The van der Waals surface area contributed by atoms with Gasteiger partial charge in [0.05, 0.1) is 12.0 Å². The van der Waals surface area contributed by atoms with Gasteiger partial charge in [-0.05, 0) is 51.8 Å². The molecular weight excluding hydrogens is 351 g/mol. The third-order valence-corrected chi connectivity index (χ3v) is 3.72. The zero-order valence-corrected chi connectivity index (χ0v) is 13.4. The van der Waals surface area contributed by atoms with Crippen LogP contribution < -0.4 is 10.6 Å². The molecule has 0 aliphatic carbocycles. The first kappa shape index (κ1) is 16.2. The predicted molar refractivity (Wildman–Crippen MR) is 86.3 cm³/mol. The maximum atomic E-state index is 13.2. The fraction of sp³-hybridized carbons (Fsp3) is 0.125. The molecule has 0 unspecified atom stereocenters. The lowest BCUT2D eigenvalue weighted by atomic mass is 10.1. The van der Waals surface area contributed by atoms with Gasteiger partial charge in [0.2, 0.25) is 5.91 Å². The van der Waals surface area contributed by atoms with Crippen LogP contribution in [0.5, 0.6) is 0 Å². The molecule has 2 amide bonds. The summed E-state index contributed by atoms with van der Waals surface area (Å²) < 4.78 is 13.7. The Labute approximate surface area is 135 Å². The summed E-state index contributed by atoms with van der Waals surface area (Å²) in [5.41, 5.74) is 1.63. The van der Waals surface area contributed by atoms with Crippen molar-refractivity contribution in [3.63, 3.8) is 0 Å². The third-order valence-electron chi connectivity index (χ3n) is 3.03. The lowest BCUT2D eigenvalue weighted by molar-refractivity contribution is -0.119. The fourth-order valence-corrected chi connectivity index (χ4v) is 2.28. The highest BCUT2D eigenvalue weighted by Crippen LogP contribution is 2.19. The molecule has 114 valence electrons. The predicted octanol–water partition coefficient (Wildman–Crippen LogP) is 3.13. The first-order valence-electron chi connectivity index (χ1n) is 6.55. The lowest BCUT2D eigenvalue weighted by Gasteiger charge is -2.08. The molecule has 0 radical (unpaired) electrons. The van der Waals surface area contributed by atoms with Crippen molar-refractivity contribution in [2.75, 3.05) is 12.4 Å². The molecule has 0 aliphatic heterocycles. The number of anilines is 1. The van der Waals surface area contributed by atoms with Gasteiger partial charge in [0.15, 0.2) is 0 Å². The van der Waals surface area contributed by atoms with Crippen LogP contribution in [0.25, 0.3) is 0 Å². The fourth-order valence-electron chi connectivity index (χ4n) is 1.85. The van der Waals surface area contributed by atoms with Crippen molar-refractivity contribution in [2.45, 2.75) is 6.42 Å². The molecule has 4 nitrogen and oxygen atoms in total. The lowest BCUT2D eigenvalue weighted by Crippen LogP contribution is -2.19. The molecule has 0 saturated heterocycles. The average molecular weight is 365 g/mol. The molecule has 0 spiro atoms. The summed E-state index contributed by atoms with van der Waals surface area (Å²) in [4.78, 5) is 23.4. The second kappa shape index (κ2) is 7.17. The molecular formula is C16H14BrFN2O2. The molecule has 0 aromatic heterocycles. The standard InChI is InChI=1S/C16H14BrFN2O2/c1-19-15(21)8-10-2-5-12(6-3-10)20-16(22)13-9-11(18)4-7-14(13)17/h2-7,9H,8H2,1H3,(H,19,21)(H,20,22). The Kier molecular flexibility index (Phi) is 5.27. The molecule has 6 heteroatoms. The number of amides is 2. The van der Waals surface area contributed by atoms with Crippen molar-refractivity contribution in [3.05, 3.63) is 63.9 Å². The second-order valence-electron chi connectivity index (χ2n) is 4.63. The van der Waals surface area contributed by atoms with Crippen LogP contribution >= 0.6 is 15.9 Å². The number of hydrogen-bond donors (Lipinski definition) is 2. The molecule has 2 N–H and O–H groups in total. The first-order valence-corrected chi connectivity index (χ1v) is 7.35. The topological polar surface area (TPSA) is 58.2 Å². The molecule has 2 rings (SSSR count). The van der Waals surface area contributed by atoms with Gasteiger partial charge in [0, 0.05) is 17.2 Å². The van der Waals surface area contributed by atoms with Crippen LogP contribution in [0, 0.1) is 5.82 Å². The quantitative estimate of drug-likeness (QED) is 0.875. The van der Waals surface area contributed by atoms with Gasteiger partial charge in [0.1, 0.15) is 5.82 Å². The molecule has 22 heavy (non-hydrogen) atoms. The normalized spacial score (nSPS) is 10.1. The Morgan fingerprint density at radius 1 is 1.14 bits per heavy atom. The van der Waals surface area contributed by atoms with E-state index in [0.29, 0.717) is 10.2 Å². The highest BCUT2D eigenvalue weighted by molar-refractivity contribution is 9.10. The molecule has 2 aromatic carbocycles. The minimum absolute atomic E-state index is 0.0829. The van der Waals surface area contributed by atoms with Gasteiger partial charge in [-0.1, -0.05) is 12.1 Å². The average Bonchev–Trinajstić information content (AvgIpc) is 2.51. The smallest absolute Gasteiger partial charge is 0.256 e. The molecule has 0 fully saturated rings. The van der Waals surface area contributed by atoms with E-state index in [-0.39, 0.29) is 17.9 Å². The van der Waals surface area contributed by atoms with Crippen molar-refractivity contribution < 1.29 is 14.0 Å². The van der Waals surface area contributed by atoms with Gasteiger partial charge < -0.3 is 10.6 Å². The summed E-state index contributed by atoms with van der Waals surface area (Å²) in [6.07, 6.45) is 0.278. The van der Waals surface area contributed by atoms with Crippen molar-refractivity contribution in [2.24, 2.45) is 0 Å². The van der Waals surface area contributed by atoms with E-state index in [0.717, 1.165) is 5.56 Å². The number of carbonyl (C=O) groups excluding carboxylic acids is 2. The third kappa shape index (κ3) is 4.14. The molecule has 0 saturated carbocycles. The van der Waals surface area contributed by atoms with Crippen LogP contribution in [0.3, 0.4) is 0 Å². The summed E-state index contributed by atoms with van der Waals surface area (Å²) in [5, 5.41) is 5.23. The Bertz CT molecular complexity index is 702. The van der Waals surface area contributed by atoms with Crippen molar-refractivity contribution in [3.8, 4) is 0 Å². The van der Waals surface area contributed by atoms with E-state index in [9.17, 15) is 14.0 Å².